The topological polar surface area (TPSA) is 57.7 Å². The molecule has 0 aromatic heterocycles. The van der Waals surface area contributed by atoms with Crippen LogP contribution in [0, 0.1) is 6.92 Å². The zero-order valence-electron chi connectivity index (χ0n) is 14.6. The van der Waals surface area contributed by atoms with Crippen molar-refractivity contribution in [2.24, 2.45) is 0 Å². The lowest BCUT2D eigenvalue weighted by Crippen LogP contribution is -2.46. The van der Waals surface area contributed by atoms with Gasteiger partial charge in [-0.2, -0.15) is 0 Å². The lowest BCUT2D eigenvalue weighted by Gasteiger charge is -2.27. The largest absolute Gasteiger partial charge is 0.323 e. The number of carbonyl (C=O) groups excluding carboxylic acids is 3. The minimum Gasteiger partial charge on any atom is -0.323 e. The number of nitrogens with zero attached hydrogens (tertiary/aromatic N) is 2. The lowest BCUT2D eigenvalue weighted by atomic mass is 10.1. The van der Waals surface area contributed by atoms with E-state index in [0.717, 1.165) is 18.4 Å². The van der Waals surface area contributed by atoms with Crippen molar-refractivity contribution in [3.63, 3.8) is 0 Å². The number of aryl methyl sites for hydroxylation is 1. The Morgan fingerprint density at radius 2 is 1.65 bits per heavy atom. The highest BCUT2D eigenvalue weighted by atomic mass is 16.2. The van der Waals surface area contributed by atoms with Crippen molar-refractivity contribution in [2.75, 3.05) is 4.90 Å². The van der Waals surface area contributed by atoms with Gasteiger partial charge in [0.25, 0.3) is 11.8 Å². The van der Waals surface area contributed by atoms with E-state index in [1.54, 1.807) is 41.3 Å². The van der Waals surface area contributed by atoms with Crippen molar-refractivity contribution in [1.82, 2.24) is 4.90 Å². The van der Waals surface area contributed by atoms with Gasteiger partial charge in [0.05, 0.1) is 12.1 Å². The van der Waals surface area contributed by atoms with E-state index >= 15 is 0 Å². The quantitative estimate of drug-likeness (QED) is 0.798. The number of anilines is 1. The van der Waals surface area contributed by atoms with Gasteiger partial charge in [-0.15, -0.1) is 0 Å². The van der Waals surface area contributed by atoms with Crippen molar-refractivity contribution >= 4 is 23.4 Å². The normalized spacial score (nSPS) is 19.7. The summed E-state index contributed by atoms with van der Waals surface area (Å²) < 4.78 is 0. The summed E-state index contributed by atoms with van der Waals surface area (Å²) in [6.07, 6.45) is 1.80. The predicted molar refractivity (Wildman–Crippen MR) is 97.7 cm³/mol. The summed E-state index contributed by atoms with van der Waals surface area (Å²) in [6.45, 7) is 1.96. The number of para-hydroxylation sites is 1. The highest BCUT2D eigenvalue weighted by Gasteiger charge is 2.48. The number of imide groups is 1. The van der Waals surface area contributed by atoms with E-state index in [1.807, 2.05) is 25.1 Å². The van der Waals surface area contributed by atoms with Gasteiger partial charge in [-0.05, 0) is 44.0 Å². The van der Waals surface area contributed by atoms with E-state index in [2.05, 4.69) is 0 Å². The van der Waals surface area contributed by atoms with Gasteiger partial charge < -0.3 is 4.90 Å². The van der Waals surface area contributed by atoms with Crippen molar-refractivity contribution in [2.45, 2.75) is 38.3 Å². The molecule has 1 saturated carbocycles. The molecule has 1 aliphatic carbocycles. The molecular weight excluding hydrogens is 328 g/mol. The fraction of sp³-hybridized carbons (Fsp3) is 0.286. The molecule has 1 atom stereocenters. The van der Waals surface area contributed by atoms with E-state index in [-0.39, 0.29) is 30.2 Å². The average Bonchev–Trinajstić information content (AvgIpc) is 3.43. The molecular formula is C21H20N2O3. The number of benzene rings is 2. The van der Waals surface area contributed by atoms with Crippen LogP contribution in [-0.2, 0) is 9.59 Å². The number of hydrogen-bond donors (Lipinski definition) is 0. The van der Waals surface area contributed by atoms with Crippen LogP contribution in [0.25, 0.3) is 0 Å². The molecule has 2 aliphatic rings. The van der Waals surface area contributed by atoms with Crippen molar-refractivity contribution in [3.8, 4) is 0 Å². The number of amides is 3. The highest BCUT2D eigenvalue weighted by Crippen LogP contribution is 2.35. The molecule has 3 amide bonds. The minimum atomic E-state index is -0.719. The van der Waals surface area contributed by atoms with Crippen molar-refractivity contribution in [3.05, 3.63) is 65.7 Å². The van der Waals surface area contributed by atoms with Crippen LogP contribution in [0.3, 0.4) is 0 Å². The van der Waals surface area contributed by atoms with E-state index < -0.39 is 6.04 Å². The molecule has 2 aromatic rings. The Labute approximate surface area is 152 Å². The third-order valence-electron chi connectivity index (χ3n) is 4.95. The summed E-state index contributed by atoms with van der Waals surface area (Å²) in [5.74, 6) is -0.740. The van der Waals surface area contributed by atoms with Gasteiger partial charge in [-0.25, -0.2) is 4.90 Å². The monoisotopic (exact) mass is 348 g/mol. The van der Waals surface area contributed by atoms with E-state index in [0.29, 0.717) is 11.3 Å². The molecule has 0 spiro atoms. The average molecular weight is 348 g/mol. The predicted octanol–water partition coefficient (Wildman–Crippen LogP) is 2.93. The first-order chi connectivity index (χ1) is 12.6. The second kappa shape index (κ2) is 6.41. The summed E-state index contributed by atoms with van der Waals surface area (Å²) in [4.78, 5) is 41.4. The maximum atomic E-state index is 13.1. The van der Waals surface area contributed by atoms with Crippen LogP contribution in [-0.4, -0.2) is 34.7 Å². The molecule has 5 heteroatoms. The first kappa shape index (κ1) is 16.5. The molecule has 1 saturated heterocycles. The number of carbonyl (C=O) groups is 3. The molecule has 1 heterocycles. The van der Waals surface area contributed by atoms with Crippen LogP contribution >= 0.6 is 0 Å². The summed E-state index contributed by atoms with van der Waals surface area (Å²) in [6, 6.07) is 15.6. The maximum absolute atomic E-state index is 13.1. The van der Waals surface area contributed by atoms with Gasteiger partial charge in [-0.1, -0.05) is 35.9 Å². The van der Waals surface area contributed by atoms with Gasteiger partial charge in [-0.3, -0.25) is 14.4 Å². The first-order valence-corrected chi connectivity index (χ1v) is 8.87. The zero-order valence-corrected chi connectivity index (χ0v) is 14.6. The maximum Gasteiger partial charge on any atom is 0.257 e. The Hall–Kier alpha value is -2.95. The molecule has 2 fully saturated rings. The van der Waals surface area contributed by atoms with Gasteiger partial charge in [0.2, 0.25) is 5.91 Å². The third-order valence-corrected chi connectivity index (χ3v) is 4.95. The van der Waals surface area contributed by atoms with Crippen LogP contribution in [0.15, 0.2) is 54.6 Å². The smallest absolute Gasteiger partial charge is 0.257 e. The molecule has 0 N–H and O–H groups in total. The van der Waals surface area contributed by atoms with Crippen LogP contribution in [0.2, 0.25) is 0 Å². The molecule has 132 valence electrons. The number of hydrogen-bond acceptors (Lipinski definition) is 3. The Bertz CT molecular complexity index is 857. The molecule has 0 radical (unpaired) electrons. The van der Waals surface area contributed by atoms with Crippen LogP contribution in [0.4, 0.5) is 5.69 Å². The lowest BCUT2D eigenvalue weighted by molar-refractivity contribution is -0.122. The molecule has 0 bridgehead atoms. The third kappa shape index (κ3) is 2.90. The fourth-order valence-corrected chi connectivity index (χ4v) is 3.44. The first-order valence-electron chi connectivity index (χ1n) is 8.87. The van der Waals surface area contributed by atoms with Gasteiger partial charge in [0.15, 0.2) is 0 Å². The Morgan fingerprint density at radius 1 is 1.00 bits per heavy atom. The minimum absolute atomic E-state index is 0.0428. The molecule has 1 unspecified atom stereocenters. The van der Waals surface area contributed by atoms with Crippen LogP contribution in [0.1, 0.15) is 35.2 Å². The molecule has 2 aromatic carbocycles. The second-order valence-electron chi connectivity index (χ2n) is 6.93. The summed E-state index contributed by atoms with van der Waals surface area (Å²) in [5, 5.41) is 0. The Kier molecular flexibility index (Phi) is 4.07. The van der Waals surface area contributed by atoms with Crippen LogP contribution < -0.4 is 4.90 Å². The van der Waals surface area contributed by atoms with Crippen molar-refractivity contribution in [1.29, 1.82) is 0 Å². The summed E-state index contributed by atoms with van der Waals surface area (Å²) in [5.41, 5.74) is 2.19. The van der Waals surface area contributed by atoms with Crippen molar-refractivity contribution < 1.29 is 14.4 Å². The molecule has 26 heavy (non-hydrogen) atoms. The second-order valence-corrected chi connectivity index (χ2v) is 6.93. The van der Waals surface area contributed by atoms with E-state index in [9.17, 15) is 14.4 Å². The number of rotatable bonds is 4. The molecule has 5 nitrogen and oxygen atoms in total. The van der Waals surface area contributed by atoms with Gasteiger partial charge >= 0.3 is 0 Å². The van der Waals surface area contributed by atoms with Gasteiger partial charge in [0.1, 0.15) is 6.04 Å². The Morgan fingerprint density at radius 3 is 2.27 bits per heavy atom. The Balaban J connectivity index is 1.63. The SMILES string of the molecule is Cc1ccc(C(=O)N(C2CC2)C2CC(=O)N(c3ccccc3)C2=O)cc1. The zero-order chi connectivity index (χ0) is 18.3. The van der Waals surface area contributed by atoms with Crippen LogP contribution in [0.5, 0.6) is 0 Å². The molecule has 4 rings (SSSR count). The van der Waals surface area contributed by atoms with Gasteiger partial charge in [0, 0.05) is 11.6 Å². The fourth-order valence-electron chi connectivity index (χ4n) is 3.44. The highest BCUT2D eigenvalue weighted by molar-refractivity contribution is 6.23. The van der Waals surface area contributed by atoms with E-state index in [4.69, 9.17) is 0 Å². The summed E-state index contributed by atoms with van der Waals surface area (Å²) >= 11 is 0. The van der Waals surface area contributed by atoms with E-state index in [1.165, 1.54) is 4.90 Å². The molecule has 1 aliphatic heterocycles. The standard InChI is InChI=1S/C21H20N2O3/c1-14-7-9-15(10-8-14)20(25)22(17-11-12-17)18-13-19(24)23(21(18)26)16-5-3-2-4-6-16/h2-10,17-18H,11-13H2,1H3. The summed E-state index contributed by atoms with van der Waals surface area (Å²) in [7, 11) is 0.